The second-order valence-electron chi connectivity index (χ2n) is 16.8. The van der Waals surface area contributed by atoms with Crippen molar-refractivity contribution in [1.29, 1.82) is 0 Å². The molecule has 65 heavy (non-hydrogen) atoms. The molecule has 0 amide bonds. The Morgan fingerprint density at radius 1 is 0.338 bits per heavy atom. The lowest BCUT2D eigenvalue weighted by molar-refractivity contribution is 1.17. The highest BCUT2D eigenvalue weighted by atomic mass is 32.1. The third kappa shape index (κ3) is 5.58. The number of thiophene rings is 2. The highest BCUT2D eigenvalue weighted by Gasteiger charge is 2.20. The third-order valence-electron chi connectivity index (χ3n) is 13.2. The number of nitrogens with zero attached hydrogens (tertiary/aromatic N) is 4. The van der Waals surface area contributed by atoms with Gasteiger partial charge in [0.15, 0.2) is 0 Å². The van der Waals surface area contributed by atoms with E-state index in [4.69, 9.17) is 0 Å². The normalized spacial score (nSPS) is 12.0. The van der Waals surface area contributed by atoms with Crippen LogP contribution in [0.25, 0.3) is 106 Å². The second-order valence-corrected chi connectivity index (χ2v) is 18.9. The predicted octanol–water partition coefficient (Wildman–Crippen LogP) is 17.1. The van der Waals surface area contributed by atoms with Crippen LogP contribution in [0.3, 0.4) is 0 Å². The molecular weight excluding hydrogens is 829 g/mol. The van der Waals surface area contributed by atoms with Crippen LogP contribution < -0.4 is 4.90 Å². The van der Waals surface area contributed by atoms with E-state index in [1.54, 1.807) is 0 Å². The molecule has 5 heterocycles. The number of benzene rings is 9. The number of hydrogen-bond donors (Lipinski definition) is 0. The van der Waals surface area contributed by atoms with Crippen LogP contribution in [0.15, 0.2) is 219 Å². The summed E-state index contributed by atoms with van der Waals surface area (Å²) in [7, 11) is 0. The minimum atomic E-state index is 1.09. The van der Waals surface area contributed by atoms with Gasteiger partial charge in [0.1, 0.15) is 0 Å². The quantitative estimate of drug-likeness (QED) is 0.166. The van der Waals surface area contributed by atoms with Gasteiger partial charge in [-0.3, -0.25) is 4.98 Å². The van der Waals surface area contributed by atoms with Crippen LogP contribution >= 0.6 is 22.7 Å². The summed E-state index contributed by atoms with van der Waals surface area (Å²) in [5.74, 6) is 0. The Morgan fingerprint density at radius 2 is 0.908 bits per heavy atom. The highest BCUT2D eigenvalue weighted by Crippen LogP contribution is 2.46. The number of para-hydroxylation sites is 2. The number of anilines is 3. The summed E-state index contributed by atoms with van der Waals surface area (Å²) in [6.45, 7) is 0. The fourth-order valence-electron chi connectivity index (χ4n) is 10.3. The molecule has 0 bridgehead atoms. The largest absolute Gasteiger partial charge is 0.310 e. The van der Waals surface area contributed by atoms with Crippen LogP contribution in [0, 0.1) is 0 Å². The van der Waals surface area contributed by atoms with Gasteiger partial charge < -0.3 is 14.0 Å². The van der Waals surface area contributed by atoms with E-state index >= 15 is 0 Å². The molecule has 0 atom stereocenters. The summed E-state index contributed by atoms with van der Waals surface area (Å²) in [6.07, 6.45) is 3.86. The number of pyridine rings is 1. The lowest BCUT2D eigenvalue weighted by Crippen LogP contribution is -2.10. The average molecular weight is 865 g/mol. The molecule has 14 aromatic rings. The molecule has 0 aliphatic carbocycles. The topological polar surface area (TPSA) is 26.0 Å². The molecule has 0 aliphatic heterocycles. The van der Waals surface area contributed by atoms with Gasteiger partial charge in [0, 0.05) is 103 Å². The summed E-state index contributed by atoms with van der Waals surface area (Å²) in [6, 6.07) is 75.7. The molecule has 0 N–H and O–H groups in total. The zero-order valence-electron chi connectivity index (χ0n) is 34.9. The minimum Gasteiger partial charge on any atom is -0.310 e. The monoisotopic (exact) mass is 864 g/mol. The zero-order valence-corrected chi connectivity index (χ0v) is 36.5. The Morgan fingerprint density at radius 3 is 1.74 bits per heavy atom. The lowest BCUT2D eigenvalue weighted by Gasteiger charge is -2.26. The van der Waals surface area contributed by atoms with Gasteiger partial charge in [-0.2, -0.15) is 0 Å². The van der Waals surface area contributed by atoms with Crippen molar-refractivity contribution in [3.63, 3.8) is 0 Å². The molecule has 5 aromatic heterocycles. The summed E-state index contributed by atoms with van der Waals surface area (Å²) in [5.41, 5.74) is 12.7. The van der Waals surface area contributed by atoms with Gasteiger partial charge in [0.25, 0.3) is 0 Å². The first-order valence-corrected chi connectivity index (χ1v) is 23.6. The van der Waals surface area contributed by atoms with Gasteiger partial charge in [-0.1, -0.05) is 91.0 Å². The first-order valence-electron chi connectivity index (χ1n) is 21.9. The fourth-order valence-corrected chi connectivity index (χ4v) is 12.5. The summed E-state index contributed by atoms with van der Waals surface area (Å²) in [5, 5.41) is 10.1. The predicted molar refractivity (Wildman–Crippen MR) is 279 cm³/mol. The maximum Gasteiger partial charge on any atom is 0.0571 e. The fraction of sp³-hybridized carbons (Fsp3) is 0. The molecule has 0 saturated carbocycles. The molecule has 304 valence electrons. The van der Waals surface area contributed by atoms with Crippen molar-refractivity contribution < 1.29 is 0 Å². The van der Waals surface area contributed by atoms with E-state index < -0.39 is 0 Å². The highest BCUT2D eigenvalue weighted by molar-refractivity contribution is 7.26. The molecule has 0 fully saturated rings. The van der Waals surface area contributed by atoms with E-state index in [1.165, 1.54) is 84.2 Å². The zero-order chi connectivity index (χ0) is 42.6. The number of aromatic nitrogens is 3. The Hall–Kier alpha value is -8.03. The first kappa shape index (κ1) is 36.5. The van der Waals surface area contributed by atoms with Crippen LogP contribution in [-0.2, 0) is 0 Å². The van der Waals surface area contributed by atoms with Crippen LogP contribution in [0.2, 0.25) is 0 Å². The molecule has 6 heteroatoms. The van der Waals surface area contributed by atoms with Crippen LogP contribution in [-0.4, -0.2) is 14.1 Å². The summed E-state index contributed by atoms with van der Waals surface area (Å²) >= 11 is 3.73. The van der Waals surface area contributed by atoms with Gasteiger partial charge in [-0.25, -0.2) is 0 Å². The Kier molecular flexibility index (Phi) is 7.99. The van der Waals surface area contributed by atoms with Crippen molar-refractivity contribution in [3.8, 4) is 22.5 Å². The molecule has 0 spiro atoms. The minimum absolute atomic E-state index is 1.09. The smallest absolute Gasteiger partial charge is 0.0571 e. The van der Waals surface area contributed by atoms with Gasteiger partial charge in [0.2, 0.25) is 0 Å². The van der Waals surface area contributed by atoms with E-state index in [9.17, 15) is 0 Å². The van der Waals surface area contributed by atoms with E-state index in [1.807, 2.05) is 35.1 Å². The maximum atomic E-state index is 4.47. The van der Waals surface area contributed by atoms with Crippen molar-refractivity contribution in [2.45, 2.75) is 0 Å². The average Bonchev–Trinajstić information content (AvgIpc) is 4.12. The van der Waals surface area contributed by atoms with Gasteiger partial charge >= 0.3 is 0 Å². The summed E-state index contributed by atoms with van der Waals surface area (Å²) in [4.78, 5) is 6.87. The van der Waals surface area contributed by atoms with Gasteiger partial charge in [-0.15, -0.1) is 22.7 Å². The molecule has 0 aliphatic rings. The number of rotatable bonds is 6. The van der Waals surface area contributed by atoms with Crippen molar-refractivity contribution >= 4 is 124 Å². The lowest BCUT2D eigenvalue weighted by atomic mass is 10.00. The standard InChI is InChI=1S/C59H36N4S2/c1-2-10-39(11-3-1)63-51-28-20-38(34-48(51)58-53(63)29-31-57-59(58)46-14-6-9-17-55(46)65-57)37-18-21-40(22-19-37)61(43-27-30-56-47(35-43)45-13-5-8-16-54(45)64-56)41-23-25-42(26-24-41)62-50-15-7-4-12-44(50)49-36-60-33-32-52(49)62/h1-36H. The second kappa shape index (κ2) is 14.2. The first-order chi connectivity index (χ1) is 32.2. The van der Waals surface area contributed by atoms with Crippen molar-refractivity contribution in [2.24, 2.45) is 0 Å². The molecule has 0 unspecified atom stereocenters. The molecule has 9 aromatic carbocycles. The van der Waals surface area contributed by atoms with E-state index in [0.29, 0.717) is 0 Å². The molecule has 0 saturated heterocycles. The third-order valence-corrected chi connectivity index (χ3v) is 15.5. The van der Waals surface area contributed by atoms with Crippen LogP contribution in [0.1, 0.15) is 0 Å². The molecule has 14 rings (SSSR count). The van der Waals surface area contributed by atoms with Crippen LogP contribution in [0.5, 0.6) is 0 Å². The Labute approximate surface area is 381 Å². The van der Waals surface area contributed by atoms with E-state index in [0.717, 1.165) is 39.3 Å². The maximum absolute atomic E-state index is 4.47. The molecule has 0 radical (unpaired) electrons. The SMILES string of the molecule is c1ccc(-n2c3ccc(-c4ccc(N(c5ccc(-n6c7ccccc7c7cnccc76)cc5)c5ccc6sc7ccccc7c6c5)cc4)cc3c3c4c(ccc32)sc2ccccc24)cc1. The molecule has 4 nitrogen and oxygen atoms in total. The van der Waals surface area contributed by atoms with E-state index in [-0.39, 0.29) is 0 Å². The number of fused-ring (bicyclic) bond motifs is 13. The summed E-state index contributed by atoms with van der Waals surface area (Å²) < 4.78 is 10.0. The Balaban J connectivity index is 0.919. The number of hydrogen-bond acceptors (Lipinski definition) is 4. The Bertz CT molecular complexity index is 4120. The van der Waals surface area contributed by atoms with Gasteiger partial charge in [-0.05, 0) is 126 Å². The van der Waals surface area contributed by atoms with Crippen molar-refractivity contribution in [2.75, 3.05) is 4.90 Å². The van der Waals surface area contributed by atoms with Crippen molar-refractivity contribution in [3.05, 3.63) is 219 Å². The van der Waals surface area contributed by atoms with Crippen molar-refractivity contribution in [1.82, 2.24) is 14.1 Å². The van der Waals surface area contributed by atoms with Crippen LogP contribution in [0.4, 0.5) is 17.1 Å². The molecular formula is C59H36N4S2. The van der Waals surface area contributed by atoms with Gasteiger partial charge in [0.05, 0.1) is 22.1 Å². The van der Waals surface area contributed by atoms with E-state index in [2.05, 4.69) is 225 Å².